The highest BCUT2D eigenvalue weighted by Crippen LogP contribution is 2.35. The van der Waals surface area contributed by atoms with Gasteiger partial charge in [-0.2, -0.15) is 5.11 Å². The van der Waals surface area contributed by atoms with Crippen LogP contribution >= 0.6 is 11.6 Å². The second kappa shape index (κ2) is 5.42. The highest BCUT2D eigenvalue weighted by Gasteiger charge is 2.55. The number of halogens is 1. The van der Waals surface area contributed by atoms with Gasteiger partial charge in [-0.1, -0.05) is 40.6 Å². The summed E-state index contributed by atoms with van der Waals surface area (Å²) in [5.74, 6) is -0.733. The van der Waals surface area contributed by atoms with Crippen molar-refractivity contribution < 1.29 is 9.59 Å². The van der Waals surface area contributed by atoms with Gasteiger partial charge in [0.2, 0.25) is 0 Å². The van der Waals surface area contributed by atoms with Crippen molar-refractivity contribution in [1.82, 2.24) is 0 Å². The number of fused-ring (bicyclic) bond motifs is 1. The van der Waals surface area contributed by atoms with E-state index in [0.29, 0.717) is 10.7 Å². The minimum absolute atomic E-state index is 0.349. The van der Waals surface area contributed by atoms with Gasteiger partial charge < -0.3 is 0 Å². The minimum Gasteiger partial charge on any atom is -0.271 e. The zero-order valence-corrected chi connectivity index (χ0v) is 13.5. The monoisotopic (exact) mass is 340 g/mol. The first-order valence-corrected chi connectivity index (χ1v) is 7.84. The Morgan fingerprint density at radius 2 is 1.75 bits per heavy atom. The molecule has 1 fully saturated rings. The van der Waals surface area contributed by atoms with E-state index >= 15 is 0 Å². The molecule has 0 spiro atoms. The van der Waals surface area contributed by atoms with E-state index in [1.807, 2.05) is 31.2 Å². The van der Waals surface area contributed by atoms with E-state index in [1.54, 1.807) is 24.3 Å². The zero-order valence-electron chi connectivity index (χ0n) is 12.8. The van der Waals surface area contributed by atoms with E-state index in [0.717, 1.165) is 16.2 Å². The summed E-state index contributed by atoms with van der Waals surface area (Å²) in [5.41, 5.74) is 2.28. The molecule has 0 aliphatic carbocycles. The normalized spacial score (nSPS) is 22.4. The number of aryl methyl sites for hydroxylation is 1. The lowest BCUT2D eigenvalue weighted by molar-refractivity contribution is -0.121. The van der Waals surface area contributed by atoms with Crippen LogP contribution in [0.4, 0.5) is 11.4 Å². The first-order valence-electron chi connectivity index (χ1n) is 7.46. The Morgan fingerprint density at radius 1 is 1.00 bits per heavy atom. The van der Waals surface area contributed by atoms with Crippen molar-refractivity contribution in [3.8, 4) is 0 Å². The van der Waals surface area contributed by atoms with Gasteiger partial charge in [-0.3, -0.25) is 9.59 Å². The zero-order chi connectivity index (χ0) is 16.8. The van der Waals surface area contributed by atoms with Crippen LogP contribution in [0.5, 0.6) is 0 Å². The standard InChI is InChI=1S/C17H13ClN4O2/c1-10-5-7-12(8-6-10)22-15-14(19-20-22)16(23)21(17(15)24)13-4-2-3-11(18)9-13/h2-9,14-15H,1H3/t14-,15-/m0/s1. The van der Waals surface area contributed by atoms with Crippen LogP contribution in [0.3, 0.4) is 0 Å². The van der Waals surface area contributed by atoms with Gasteiger partial charge in [0.1, 0.15) is 0 Å². The highest BCUT2D eigenvalue weighted by molar-refractivity contribution is 6.31. The van der Waals surface area contributed by atoms with Crippen molar-refractivity contribution in [2.75, 3.05) is 9.91 Å². The van der Waals surface area contributed by atoms with Gasteiger partial charge in [0.05, 0.1) is 11.4 Å². The predicted octanol–water partition coefficient (Wildman–Crippen LogP) is 3.15. The molecule has 0 bridgehead atoms. The van der Waals surface area contributed by atoms with E-state index in [-0.39, 0.29) is 11.8 Å². The maximum Gasteiger partial charge on any atom is 0.263 e. The summed E-state index contributed by atoms with van der Waals surface area (Å²) in [6, 6.07) is 12.6. The number of carbonyl (C=O) groups excluding carboxylic acids is 2. The molecule has 0 unspecified atom stereocenters. The van der Waals surface area contributed by atoms with Gasteiger partial charge in [0, 0.05) is 5.02 Å². The molecule has 0 saturated carbocycles. The molecule has 1 saturated heterocycles. The van der Waals surface area contributed by atoms with E-state index in [4.69, 9.17) is 11.6 Å². The molecule has 2 amide bonds. The van der Waals surface area contributed by atoms with Crippen LogP contribution in [-0.2, 0) is 9.59 Å². The molecule has 2 aromatic carbocycles. The SMILES string of the molecule is Cc1ccc(N2N=N[C@@H]3C(=O)N(c4cccc(Cl)c4)C(=O)[C@H]32)cc1. The first kappa shape index (κ1) is 14.8. The molecule has 0 N–H and O–H groups in total. The van der Waals surface area contributed by atoms with Crippen molar-refractivity contribution in [1.29, 1.82) is 0 Å². The van der Waals surface area contributed by atoms with Crippen molar-refractivity contribution in [2.45, 2.75) is 19.0 Å². The second-order valence-electron chi connectivity index (χ2n) is 5.77. The molecule has 4 rings (SSSR count). The summed E-state index contributed by atoms with van der Waals surface area (Å²) in [6.07, 6.45) is 0. The number of anilines is 2. The molecule has 24 heavy (non-hydrogen) atoms. The molecule has 2 heterocycles. The molecule has 0 aromatic heterocycles. The van der Waals surface area contributed by atoms with Crippen LogP contribution < -0.4 is 9.91 Å². The Hall–Kier alpha value is -2.73. The lowest BCUT2D eigenvalue weighted by Crippen LogP contribution is -2.39. The summed E-state index contributed by atoms with van der Waals surface area (Å²) in [5, 5.41) is 10.0. The van der Waals surface area contributed by atoms with Crippen molar-refractivity contribution in [2.24, 2.45) is 10.3 Å². The van der Waals surface area contributed by atoms with Crippen molar-refractivity contribution in [3.63, 3.8) is 0 Å². The maximum atomic E-state index is 12.9. The molecule has 2 aromatic rings. The Morgan fingerprint density at radius 3 is 2.46 bits per heavy atom. The molecule has 6 nitrogen and oxygen atoms in total. The molecule has 2 atom stereocenters. The van der Waals surface area contributed by atoms with Gasteiger partial charge in [-0.15, -0.1) is 0 Å². The number of carbonyl (C=O) groups is 2. The number of hydrogen-bond donors (Lipinski definition) is 0. The lowest BCUT2D eigenvalue weighted by Gasteiger charge is -2.20. The van der Waals surface area contributed by atoms with Gasteiger partial charge in [-0.25, -0.2) is 9.91 Å². The Kier molecular flexibility index (Phi) is 3.35. The fourth-order valence-corrected chi connectivity index (χ4v) is 3.13. The number of rotatable bonds is 2. The number of nitrogens with zero attached hydrogens (tertiary/aromatic N) is 4. The molecule has 0 radical (unpaired) electrons. The number of amides is 2. The minimum atomic E-state index is -0.821. The van der Waals surface area contributed by atoms with Crippen LogP contribution in [-0.4, -0.2) is 23.9 Å². The third-order valence-corrected chi connectivity index (χ3v) is 4.38. The van der Waals surface area contributed by atoms with E-state index < -0.39 is 12.1 Å². The predicted molar refractivity (Wildman–Crippen MR) is 90.0 cm³/mol. The number of hydrogen-bond acceptors (Lipinski definition) is 5. The quantitative estimate of drug-likeness (QED) is 0.789. The summed E-state index contributed by atoms with van der Waals surface area (Å²) in [7, 11) is 0. The van der Waals surface area contributed by atoms with Gasteiger partial charge in [0.25, 0.3) is 11.8 Å². The van der Waals surface area contributed by atoms with Crippen molar-refractivity contribution >= 4 is 34.8 Å². The summed E-state index contributed by atoms with van der Waals surface area (Å²) < 4.78 is 0. The van der Waals surface area contributed by atoms with Gasteiger partial charge in [-0.05, 0) is 37.3 Å². The Bertz CT molecular complexity index is 865. The summed E-state index contributed by atoms with van der Waals surface area (Å²) in [6.45, 7) is 1.98. The molecule has 2 aliphatic heterocycles. The van der Waals surface area contributed by atoms with Gasteiger partial charge in [0.15, 0.2) is 12.1 Å². The number of imide groups is 1. The largest absolute Gasteiger partial charge is 0.271 e. The average Bonchev–Trinajstić information content (AvgIpc) is 3.09. The Labute approximate surface area is 143 Å². The summed E-state index contributed by atoms with van der Waals surface area (Å²) >= 11 is 5.98. The lowest BCUT2D eigenvalue weighted by atomic mass is 10.1. The fourth-order valence-electron chi connectivity index (χ4n) is 2.94. The molecule has 120 valence electrons. The van der Waals surface area contributed by atoms with Crippen LogP contribution in [0, 0.1) is 6.92 Å². The fraction of sp³-hybridized carbons (Fsp3) is 0.176. The Balaban J connectivity index is 1.70. The molecular formula is C17H13ClN4O2. The first-order chi connectivity index (χ1) is 11.6. The van der Waals surface area contributed by atoms with Crippen molar-refractivity contribution in [3.05, 3.63) is 59.1 Å². The second-order valence-corrected chi connectivity index (χ2v) is 6.20. The van der Waals surface area contributed by atoms with E-state index in [9.17, 15) is 9.59 Å². The number of benzene rings is 2. The average molecular weight is 341 g/mol. The summed E-state index contributed by atoms with van der Waals surface area (Å²) in [4.78, 5) is 26.6. The molecule has 2 aliphatic rings. The van der Waals surface area contributed by atoms with E-state index in [1.165, 1.54) is 5.01 Å². The van der Waals surface area contributed by atoms with E-state index in [2.05, 4.69) is 10.3 Å². The highest BCUT2D eigenvalue weighted by atomic mass is 35.5. The third-order valence-electron chi connectivity index (χ3n) is 4.15. The maximum absolute atomic E-state index is 12.9. The van der Waals surface area contributed by atoms with Gasteiger partial charge >= 0.3 is 0 Å². The van der Waals surface area contributed by atoms with Crippen LogP contribution in [0.15, 0.2) is 58.9 Å². The van der Waals surface area contributed by atoms with Crippen LogP contribution in [0.2, 0.25) is 5.02 Å². The van der Waals surface area contributed by atoms with Crippen LogP contribution in [0.1, 0.15) is 5.56 Å². The van der Waals surface area contributed by atoms with Crippen LogP contribution in [0.25, 0.3) is 0 Å². The smallest absolute Gasteiger partial charge is 0.263 e. The topological polar surface area (TPSA) is 65.3 Å². The molecule has 7 heteroatoms. The molecular weight excluding hydrogens is 328 g/mol. The third kappa shape index (κ3) is 2.18.